The lowest BCUT2D eigenvalue weighted by molar-refractivity contribution is 0.667. The fraction of sp³-hybridized carbons (Fsp3) is 0. The van der Waals surface area contributed by atoms with Crippen LogP contribution in [-0.4, -0.2) is 9.97 Å². The minimum atomic E-state index is -0.805. The lowest BCUT2D eigenvalue weighted by atomic mass is 9.96. The van der Waals surface area contributed by atoms with Crippen LogP contribution in [0.1, 0.15) is 32.9 Å². The van der Waals surface area contributed by atoms with E-state index in [-0.39, 0.29) is 88.8 Å². The van der Waals surface area contributed by atoms with Gasteiger partial charge in [-0.05, 0) is 75.7 Å². The monoisotopic (exact) mass is 754 g/mol. The molecule has 4 aromatic heterocycles. The summed E-state index contributed by atoms with van der Waals surface area (Å²) in [6.07, 6.45) is 1.05. The van der Waals surface area contributed by atoms with Gasteiger partial charge in [0.15, 0.2) is 5.58 Å². The highest BCUT2D eigenvalue weighted by Crippen LogP contribution is 2.41. The lowest BCUT2D eigenvalue weighted by Crippen LogP contribution is -1.88. The van der Waals surface area contributed by atoms with E-state index in [1.54, 1.807) is 0 Å². The molecule has 12 rings (SSSR count). The first-order chi connectivity index (χ1) is 38.2. The van der Waals surface area contributed by atoms with Crippen LogP contribution in [0.2, 0.25) is 0 Å². The standard InChI is InChI=1S/C52H30N2O3/c1-3-22-45-40(16-1)42-20-8-18-38(50(42)55-45)35-13-5-10-31(26-35)33-12-7-15-37(28-33)48-52-49(54-30-53-48)44-29-34(24-25-47(44)57-52)32-11-6-14-36(27-32)39-19-9-21-43-41-17-2-4-23-46(41)56-51(39)43/h1-30H/i1D,2D,3D,4D,7D,8D,9D,10D,11D,12D,13D,14D,15D,16D,17D,18D,19D,20D,21D,22D,23D,26D,27D,28D. The van der Waals surface area contributed by atoms with Crippen LogP contribution in [-0.2, 0) is 0 Å². The normalized spacial score (nSPS) is 17.8. The zero-order valence-electron chi connectivity index (χ0n) is 52.6. The molecule has 0 atom stereocenters. The molecule has 5 heteroatoms. The van der Waals surface area contributed by atoms with Crippen molar-refractivity contribution in [2.24, 2.45) is 0 Å². The van der Waals surface area contributed by atoms with Crippen LogP contribution < -0.4 is 0 Å². The Morgan fingerprint density at radius 1 is 0.386 bits per heavy atom. The van der Waals surface area contributed by atoms with Crippen molar-refractivity contribution in [3.63, 3.8) is 0 Å². The largest absolute Gasteiger partial charge is 0.455 e. The van der Waals surface area contributed by atoms with E-state index < -0.39 is 178 Å². The van der Waals surface area contributed by atoms with E-state index in [1.807, 2.05) is 0 Å². The summed E-state index contributed by atoms with van der Waals surface area (Å²) in [5.74, 6) is 0. The molecule has 0 aliphatic carbocycles. The Hall–Kier alpha value is -7.76. The molecule has 4 heterocycles. The molecule has 0 saturated carbocycles. The number of aromatic nitrogens is 2. The van der Waals surface area contributed by atoms with Crippen molar-refractivity contribution in [2.75, 3.05) is 0 Å². The summed E-state index contributed by atoms with van der Waals surface area (Å²) >= 11 is 0. The number of nitrogens with zero attached hydrogens (tertiary/aromatic N) is 2. The maximum absolute atomic E-state index is 9.63. The molecule has 0 spiro atoms. The van der Waals surface area contributed by atoms with Crippen LogP contribution in [0.4, 0.5) is 0 Å². The van der Waals surface area contributed by atoms with Gasteiger partial charge in [-0.2, -0.15) is 0 Å². The molecule has 0 aliphatic rings. The van der Waals surface area contributed by atoms with Crippen molar-refractivity contribution in [1.82, 2.24) is 9.97 Å². The van der Waals surface area contributed by atoms with Gasteiger partial charge in [0.2, 0.25) is 0 Å². The maximum atomic E-state index is 9.63. The summed E-state index contributed by atoms with van der Waals surface area (Å²) in [6, 6.07) is -9.20. The molecular weight excluding hydrogens is 701 g/mol. The smallest absolute Gasteiger partial charge is 0.180 e. The molecule has 0 unspecified atom stereocenters. The molecule has 57 heavy (non-hydrogen) atoms. The van der Waals surface area contributed by atoms with Crippen LogP contribution in [0.25, 0.3) is 122 Å². The molecule has 0 fully saturated rings. The third kappa shape index (κ3) is 5.03. The van der Waals surface area contributed by atoms with Gasteiger partial charge in [-0.15, -0.1) is 0 Å². The minimum Gasteiger partial charge on any atom is -0.455 e. The van der Waals surface area contributed by atoms with E-state index in [0.29, 0.717) is 0 Å². The molecule has 0 amide bonds. The Labute approximate surface area is 359 Å². The Bertz CT molecular complexity index is 4950. The van der Waals surface area contributed by atoms with Crippen molar-refractivity contribution in [2.45, 2.75) is 0 Å². The average molecular weight is 755 g/mol. The van der Waals surface area contributed by atoms with Crippen LogP contribution in [0.3, 0.4) is 0 Å². The topological polar surface area (TPSA) is 65.2 Å². The number of para-hydroxylation sites is 4. The Morgan fingerprint density at radius 3 is 1.60 bits per heavy atom. The van der Waals surface area contributed by atoms with E-state index in [9.17, 15) is 4.11 Å². The fourth-order valence-corrected chi connectivity index (χ4v) is 6.82. The number of rotatable bonds is 5. The molecule has 12 aromatic rings. The van der Waals surface area contributed by atoms with Gasteiger partial charge >= 0.3 is 0 Å². The summed E-state index contributed by atoms with van der Waals surface area (Å²) in [6.45, 7) is 0. The lowest BCUT2D eigenvalue weighted by Gasteiger charge is -2.09. The summed E-state index contributed by atoms with van der Waals surface area (Å²) in [5.41, 5.74) is -5.11. The second kappa shape index (κ2) is 12.4. The molecule has 0 saturated heterocycles. The fourth-order valence-electron chi connectivity index (χ4n) is 6.82. The highest BCUT2D eigenvalue weighted by Gasteiger charge is 2.18. The molecule has 0 radical (unpaired) electrons. The molecule has 5 nitrogen and oxygen atoms in total. The first-order valence-electron chi connectivity index (χ1n) is 29.1. The van der Waals surface area contributed by atoms with Crippen molar-refractivity contribution in [3.8, 4) is 55.8 Å². The average Bonchev–Trinajstić information content (AvgIpc) is 2.63. The van der Waals surface area contributed by atoms with Gasteiger partial charge in [0.05, 0.1) is 32.9 Å². The Kier molecular flexibility index (Phi) is 3.51. The number of hydrogen-bond donors (Lipinski definition) is 0. The SMILES string of the molecule is [2H]c1cc([2H])c(-c2c([2H])c([2H])c([2H])c3c2oc2c([2H])c([2H])c([2H])c([2H])c23)c([2H])c1-c1ccc2oc3c(-c4c([2H])c([2H])c([2H])c(-c5c([2H])cc([2H])c(-c6c([2H])c([2H])c([2H])c7c6oc6c([2H])c([2H])c([2H])c([2H])c67)c5[2H])c4[2H])ncnc3c2c1. The predicted molar refractivity (Wildman–Crippen MR) is 231 cm³/mol. The quantitative estimate of drug-likeness (QED) is 0.175. The van der Waals surface area contributed by atoms with Crippen molar-refractivity contribution in [1.29, 1.82) is 0 Å². The van der Waals surface area contributed by atoms with Crippen LogP contribution in [0.15, 0.2) is 195 Å². The predicted octanol–water partition coefficient (Wildman–Crippen LogP) is 14.5. The summed E-state index contributed by atoms with van der Waals surface area (Å²) in [4.78, 5) is 8.78. The molecule has 0 bridgehead atoms. The third-order valence-corrected chi connectivity index (χ3v) is 9.39. The van der Waals surface area contributed by atoms with Gasteiger partial charge < -0.3 is 13.3 Å². The van der Waals surface area contributed by atoms with Gasteiger partial charge in [0.1, 0.15) is 45.5 Å². The van der Waals surface area contributed by atoms with Crippen LogP contribution in [0, 0.1) is 0 Å². The Morgan fingerprint density at radius 2 is 0.912 bits per heavy atom. The maximum Gasteiger partial charge on any atom is 0.180 e. The van der Waals surface area contributed by atoms with E-state index in [0.717, 1.165) is 18.5 Å². The second-order valence-electron chi connectivity index (χ2n) is 12.6. The van der Waals surface area contributed by atoms with Crippen LogP contribution in [0.5, 0.6) is 0 Å². The second-order valence-corrected chi connectivity index (χ2v) is 12.6. The van der Waals surface area contributed by atoms with Crippen molar-refractivity contribution >= 4 is 65.9 Å². The summed E-state index contributed by atoms with van der Waals surface area (Å²) in [5, 5.41) is -0.892. The molecule has 0 N–H and O–H groups in total. The van der Waals surface area contributed by atoms with Crippen molar-refractivity contribution < 1.29 is 46.1 Å². The number of hydrogen-bond acceptors (Lipinski definition) is 5. The number of fused-ring (bicyclic) bond motifs is 9. The van der Waals surface area contributed by atoms with Gasteiger partial charge in [0.25, 0.3) is 0 Å². The molecule has 266 valence electrons. The van der Waals surface area contributed by atoms with Gasteiger partial charge in [-0.25, -0.2) is 9.97 Å². The third-order valence-electron chi connectivity index (χ3n) is 9.39. The molecular formula is C52H30N2O3. The first-order valence-corrected chi connectivity index (χ1v) is 17.1. The van der Waals surface area contributed by atoms with Gasteiger partial charge in [-0.1, -0.05) is 133 Å². The molecule has 0 aliphatic heterocycles. The van der Waals surface area contributed by atoms with Gasteiger partial charge in [-0.3, -0.25) is 0 Å². The zero-order chi connectivity index (χ0) is 58.3. The molecule has 8 aromatic carbocycles. The summed E-state index contributed by atoms with van der Waals surface area (Å²) < 4.78 is 231. The zero-order valence-corrected chi connectivity index (χ0v) is 28.6. The van der Waals surface area contributed by atoms with Gasteiger partial charge in [0, 0.05) is 43.6 Å². The highest BCUT2D eigenvalue weighted by atomic mass is 16.3. The number of benzene rings is 8. The van der Waals surface area contributed by atoms with E-state index in [4.69, 9.17) is 42.0 Å². The number of furan rings is 3. The minimum absolute atomic E-state index is 0.0307. The van der Waals surface area contributed by atoms with Crippen LogP contribution >= 0.6 is 0 Å². The van der Waals surface area contributed by atoms with Crippen molar-refractivity contribution in [3.05, 3.63) is 182 Å². The Balaban J connectivity index is 1.04. The summed E-state index contributed by atoms with van der Waals surface area (Å²) in [7, 11) is 0. The van der Waals surface area contributed by atoms with E-state index in [2.05, 4.69) is 9.97 Å². The first kappa shape index (κ1) is 16.1. The van der Waals surface area contributed by atoms with E-state index >= 15 is 0 Å². The highest BCUT2D eigenvalue weighted by molar-refractivity contribution is 6.11. The van der Waals surface area contributed by atoms with E-state index in [1.165, 1.54) is 18.2 Å².